The highest BCUT2D eigenvalue weighted by molar-refractivity contribution is 7.89. The Balaban J connectivity index is 2.85. The molecule has 0 amide bonds. The van der Waals surface area contributed by atoms with E-state index in [2.05, 4.69) is 0 Å². The largest absolute Gasteiger partial charge is 0.507 e. The lowest BCUT2D eigenvalue weighted by molar-refractivity contribution is 0.479. The maximum Gasteiger partial charge on any atom is 0.238 e. The third-order valence-electron chi connectivity index (χ3n) is 2.14. The molecule has 2 aromatic rings. The molecule has 5 heteroatoms. The molecular weight excluding hydrogens is 214 g/mol. The quantitative estimate of drug-likeness (QED) is 0.762. The predicted octanol–water partition coefficient (Wildman–Crippen LogP) is 1.19. The second-order valence-electron chi connectivity index (χ2n) is 3.21. The number of phenols is 1. The lowest BCUT2D eigenvalue weighted by Gasteiger charge is -2.03. The highest BCUT2D eigenvalue weighted by atomic mass is 32.2. The molecule has 0 saturated carbocycles. The number of fused-ring (bicyclic) bond motifs is 1. The number of primary sulfonamides is 1. The molecule has 15 heavy (non-hydrogen) atoms. The second-order valence-corrected chi connectivity index (χ2v) is 4.77. The average Bonchev–Trinajstić information content (AvgIpc) is 2.16. The Bertz CT molecular complexity index is 620. The van der Waals surface area contributed by atoms with Crippen LogP contribution in [0.4, 0.5) is 0 Å². The van der Waals surface area contributed by atoms with Crippen LogP contribution in [0.5, 0.6) is 5.75 Å². The smallest absolute Gasteiger partial charge is 0.238 e. The van der Waals surface area contributed by atoms with Crippen LogP contribution in [0.1, 0.15) is 0 Å². The first kappa shape index (κ1) is 9.95. The number of nitrogens with two attached hydrogens (primary N) is 1. The first-order valence-electron chi connectivity index (χ1n) is 4.23. The van der Waals surface area contributed by atoms with Crippen LogP contribution < -0.4 is 5.14 Å². The van der Waals surface area contributed by atoms with Crippen molar-refractivity contribution in [1.82, 2.24) is 0 Å². The normalized spacial score (nSPS) is 11.8. The van der Waals surface area contributed by atoms with Crippen LogP contribution in [0.15, 0.2) is 41.3 Å². The van der Waals surface area contributed by atoms with Crippen LogP contribution in [0, 0.1) is 0 Å². The number of rotatable bonds is 1. The van der Waals surface area contributed by atoms with Crippen molar-refractivity contribution in [3.63, 3.8) is 0 Å². The van der Waals surface area contributed by atoms with Crippen molar-refractivity contribution in [3.8, 4) is 5.75 Å². The summed E-state index contributed by atoms with van der Waals surface area (Å²) in [6, 6.07) is 9.52. The minimum atomic E-state index is -3.78. The molecule has 0 radical (unpaired) electrons. The summed E-state index contributed by atoms with van der Waals surface area (Å²) < 4.78 is 22.2. The maximum atomic E-state index is 11.1. The number of hydrogen-bond acceptors (Lipinski definition) is 3. The van der Waals surface area contributed by atoms with Gasteiger partial charge in [0.25, 0.3) is 0 Å². The molecule has 78 valence electrons. The van der Waals surface area contributed by atoms with Crippen LogP contribution in [0.2, 0.25) is 0 Å². The highest BCUT2D eigenvalue weighted by Gasteiger charge is 2.11. The molecule has 3 N–H and O–H groups in total. The Hall–Kier alpha value is -1.59. The fraction of sp³-hybridized carbons (Fsp3) is 0. The number of phenolic OH excluding ortho intramolecular Hbond substituents is 1. The van der Waals surface area contributed by atoms with E-state index in [0.29, 0.717) is 10.8 Å². The Morgan fingerprint density at radius 3 is 2.47 bits per heavy atom. The van der Waals surface area contributed by atoms with Crippen molar-refractivity contribution in [2.75, 3.05) is 0 Å². The van der Waals surface area contributed by atoms with Gasteiger partial charge in [-0.15, -0.1) is 0 Å². The Morgan fingerprint density at radius 1 is 1.13 bits per heavy atom. The van der Waals surface area contributed by atoms with E-state index >= 15 is 0 Å². The van der Waals surface area contributed by atoms with Crippen molar-refractivity contribution in [3.05, 3.63) is 36.4 Å². The summed E-state index contributed by atoms with van der Waals surface area (Å²) in [4.78, 5) is -0.0845. The SMILES string of the molecule is NS(=O)(=O)c1cc(O)c2ccccc2c1. The summed E-state index contributed by atoms with van der Waals surface area (Å²) in [6.07, 6.45) is 0. The minimum absolute atomic E-state index is 0.0845. The fourth-order valence-corrected chi connectivity index (χ4v) is 1.99. The van der Waals surface area contributed by atoms with Gasteiger partial charge in [0.05, 0.1) is 4.90 Å². The molecule has 0 aliphatic carbocycles. The van der Waals surface area contributed by atoms with Crippen LogP contribution >= 0.6 is 0 Å². The van der Waals surface area contributed by atoms with Gasteiger partial charge < -0.3 is 5.11 Å². The summed E-state index contributed by atoms with van der Waals surface area (Å²) in [5.41, 5.74) is 0. The van der Waals surface area contributed by atoms with Gasteiger partial charge >= 0.3 is 0 Å². The Morgan fingerprint density at radius 2 is 1.80 bits per heavy atom. The van der Waals surface area contributed by atoms with Crippen LogP contribution in [-0.2, 0) is 10.0 Å². The van der Waals surface area contributed by atoms with E-state index in [9.17, 15) is 13.5 Å². The van der Waals surface area contributed by atoms with Gasteiger partial charge in [-0.2, -0.15) is 0 Å². The zero-order chi connectivity index (χ0) is 11.1. The third kappa shape index (κ3) is 1.79. The zero-order valence-electron chi connectivity index (χ0n) is 7.71. The van der Waals surface area contributed by atoms with Gasteiger partial charge in [0.1, 0.15) is 5.75 Å². The highest BCUT2D eigenvalue weighted by Crippen LogP contribution is 2.27. The summed E-state index contributed by atoms with van der Waals surface area (Å²) in [5.74, 6) is -0.0860. The molecule has 0 saturated heterocycles. The Labute approximate surface area is 87.0 Å². The molecule has 0 aliphatic heterocycles. The van der Waals surface area contributed by atoms with Crippen LogP contribution in [0.3, 0.4) is 0 Å². The van der Waals surface area contributed by atoms with Crippen molar-refractivity contribution in [2.45, 2.75) is 4.90 Å². The predicted molar refractivity (Wildman–Crippen MR) is 57.0 cm³/mol. The Kier molecular flexibility index (Phi) is 2.13. The van der Waals surface area contributed by atoms with E-state index in [1.807, 2.05) is 0 Å². The molecule has 0 atom stereocenters. The molecular formula is C10H9NO3S. The van der Waals surface area contributed by atoms with Gasteiger partial charge in [0.15, 0.2) is 0 Å². The molecule has 2 rings (SSSR count). The zero-order valence-corrected chi connectivity index (χ0v) is 8.53. The molecule has 0 aromatic heterocycles. The van der Waals surface area contributed by atoms with E-state index in [1.165, 1.54) is 6.07 Å². The van der Waals surface area contributed by atoms with Crippen molar-refractivity contribution in [1.29, 1.82) is 0 Å². The van der Waals surface area contributed by atoms with Crippen molar-refractivity contribution < 1.29 is 13.5 Å². The van der Waals surface area contributed by atoms with E-state index < -0.39 is 10.0 Å². The lowest BCUT2D eigenvalue weighted by atomic mass is 10.1. The number of sulfonamides is 1. The average molecular weight is 223 g/mol. The van der Waals surface area contributed by atoms with Gasteiger partial charge in [-0.1, -0.05) is 24.3 Å². The van der Waals surface area contributed by atoms with E-state index in [0.717, 1.165) is 6.07 Å². The number of aromatic hydroxyl groups is 1. The van der Waals surface area contributed by atoms with E-state index in [-0.39, 0.29) is 10.6 Å². The topological polar surface area (TPSA) is 80.4 Å². The summed E-state index contributed by atoms with van der Waals surface area (Å²) in [5, 5.41) is 15.8. The molecule has 2 aromatic carbocycles. The summed E-state index contributed by atoms with van der Waals surface area (Å²) >= 11 is 0. The first-order chi connectivity index (χ1) is 6.98. The summed E-state index contributed by atoms with van der Waals surface area (Å²) in [7, 11) is -3.78. The van der Waals surface area contributed by atoms with Crippen LogP contribution in [-0.4, -0.2) is 13.5 Å². The number of hydrogen-bond donors (Lipinski definition) is 2. The van der Waals surface area contributed by atoms with E-state index in [1.54, 1.807) is 24.3 Å². The van der Waals surface area contributed by atoms with Crippen LogP contribution in [0.25, 0.3) is 10.8 Å². The third-order valence-corrected chi connectivity index (χ3v) is 3.03. The van der Waals surface area contributed by atoms with Crippen molar-refractivity contribution in [2.24, 2.45) is 5.14 Å². The second kappa shape index (κ2) is 3.22. The molecule has 0 heterocycles. The first-order valence-corrected chi connectivity index (χ1v) is 5.78. The number of benzene rings is 2. The van der Waals surface area contributed by atoms with Gasteiger partial charge in [0, 0.05) is 11.5 Å². The monoisotopic (exact) mass is 223 g/mol. The molecule has 0 bridgehead atoms. The molecule has 4 nitrogen and oxygen atoms in total. The van der Waals surface area contributed by atoms with Gasteiger partial charge in [-0.05, 0) is 11.5 Å². The van der Waals surface area contributed by atoms with Crippen molar-refractivity contribution >= 4 is 20.8 Å². The summed E-state index contributed by atoms with van der Waals surface area (Å²) in [6.45, 7) is 0. The van der Waals surface area contributed by atoms with Gasteiger partial charge in [0.2, 0.25) is 10.0 Å². The minimum Gasteiger partial charge on any atom is -0.507 e. The molecule has 0 aliphatic rings. The lowest BCUT2D eigenvalue weighted by Crippen LogP contribution is -2.11. The maximum absolute atomic E-state index is 11.1. The van der Waals surface area contributed by atoms with Gasteiger partial charge in [-0.25, -0.2) is 13.6 Å². The van der Waals surface area contributed by atoms with Gasteiger partial charge in [-0.3, -0.25) is 0 Å². The standard InChI is InChI=1S/C10H9NO3S/c11-15(13,14)8-5-7-3-1-2-4-9(7)10(12)6-8/h1-6,12H,(H2,11,13,14). The van der Waals surface area contributed by atoms with E-state index in [4.69, 9.17) is 5.14 Å². The fourth-order valence-electron chi connectivity index (χ4n) is 1.43. The molecule has 0 fully saturated rings. The molecule has 0 spiro atoms. The molecule has 0 unspecified atom stereocenters.